The molecule has 1 aliphatic heterocycles. The molecule has 210 valence electrons. The summed E-state index contributed by atoms with van der Waals surface area (Å²) in [6.45, 7) is 10.0. The summed E-state index contributed by atoms with van der Waals surface area (Å²) in [7, 11) is 1.54. The van der Waals surface area contributed by atoms with Crippen LogP contribution in [0.1, 0.15) is 37.9 Å². The Balaban J connectivity index is 1.93. The molecule has 0 aliphatic carbocycles. The van der Waals surface area contributed by atoms with Crippen molar-refractivity contribution in [1.82, 2.24) is 4.57 Å². The van der Waals surface area contributed by atoms with E-state index in [2.05, 4.69) is 43.4 Å². The molecule has 0 N–H and O–H groups in total. The van der Waals surface area contributed by atoms with Gasteiger partial charge < -0.3 is 18.9 Å². The smallest absolute Gasteiger partial charge is 0.338 e. The number of halogens is 2. The van der Waals surface area contributed by atoms with Crippen molar-refractivity contribution in [2.45, 2.75) is 26.8 Å². The molecule has 8 nitrogen and oxygen atoms in total. The van der Waals surface area contributed by atoms with Crippen molar-refractivity contribution in [2.75, 3.05) is 26.9 Å². The molecule has 4 rings (SSSR count). The van der Waals surface area contributed by atoms with Crippen molar-refractivity contribution in [1.29, 1.82) is 0 Å². The maximum Gasteiger partial charge on any atom is 0.338 e. The number of hydrogen-bond acceptors (Lipinski definition) is 8. The van der Waals surface area contributed by atoms with Crippen LogP contribution in [0.2, 0.25) is 0 Å². The highest BCUT2D eigenvalue weighted by atomic mass is 79.9. The molecular weight excluding hydrogens is 664 g/mol. The number of hydrogen-bond donors (Lipinski definition) is 0. The zero-order chi connectivity index (χ0) is 29.0. The lowest BCUT2D eigenvalue weighted by Crippen LogP contribution is -2.40. The second-order valence-corrected chi connectivity index (χ2v) is 11.3. The zero-order valence-electron chi connectivity index (χ0n) is 22.5. The molecule has 1 aliphatic rings. The van der Waals surface area contributed by atoms with Gasteiger partial charge in [0.05, 0.1) is 46.6 Å². The Morgan fingerprint density at radius 2 is 1.88 bits per heavy atom. The topological polar surface area (TPSA) is 88.3 Å². The number of allylic oxidation sites excluding steroid dienone is 1. The van der Waals surface area contributed by atoms with E-state index < -0.39 is 12.0 Å². The van der Waals surface area contributed by atoms with E-state index in [1.54, 1.807) is 45.2 Å². The molecule has 2 heterocycles. The molecule has 40 heavy (non-hydrogen) atoms. The summed E-state index contributed by atoms with van der Waals surface area (Å²) < 4.78 is 25.7. The van der Waals surface area contributed by atoms with Gasteiger partial charge in [-0.3, -0.25) is 9.36 Å². The van der Waals surface area contributed by atoms with Gasteiger partial charge in [-0.1, -0.05) is 46.0 Å². The summed E-state index contributed by atoms with van der Waals surface area (Å²) in [5.74, 6) is 1.14. The highest BCUT2D eigenvalue weighted by Gasteiger charge is 2.35. The van der Waals surface area contributed by atoms with E-state index in [1.165, 1.54) is 15.9 Å². The van der Waals surface area contributed by atoms with Crippen LogP contribution in [0.15, 0.2) is 73.0 Å². The fourth-order valence-electron chi connectivity index (χ4n) is 4.30. The number of carbonyl (C=O) groups is 1. The first-order valence-corrected chi connectivity index (χ1v) is 14.9. The molecule has 3 aromatic rings. The molecule has 0 amide bonds. The van der Waals surface area contributed by atoms with Crippen LogP contribution in [0.5, 0.6) is 17.2 Å². The lowest BCUT2D eigenvalue weighted by molar-refractivity contribution is -0.139. The summed E-state index contributed by atoms with van der Waals surface area (Å²) in [6.07, 6.45) is 3.46. The van der Waals surface area contributed by atoms with Crippen molar-refractivity contribution >= 4 is 55.2 Å². The Hall–Kier alpha value is -3.15. The molecule has 0 fully saturated rings. The standard InChI is InChI=1S/C29H28Br2N2O6S/c1-6-11-39-21-10-9-17(12-20(21)31)13-24-27(34)33-26(18-14-22(36-5)23(37-7-2)15-19(18)30)25(28(35)38-8-3)16(4)32-29(33)40-24/h6,9-10,12-15,26H,1,7-8,11H2,2-5H3/b24-13+/t26-/m1/s1. The second-order valence-electron chi connectivity index (χ2n) is 8.55. The predicted octanol–water partition coefficient (Wildman–Crippen LogP) is 5.30. The Kier molecular flexibility index (Phi) is 9.70. The minimum absolute atomic E-state index is 0.182. The number of esters is 1. The molecule has 0 unspecified atom stereocenters. The fourth-order valence-corrected chi connectivity index (χ4v) is 6.39. The number of thiazole rings is 1. The average Bonchev–Trinajstić information content (AvgIpc) is 3.22. The van der Waals surface area contributed by atoms with Crippen LogP contribution < -0.4 is 29.1 Å². The van der Waals surface area contributed by atoms with E-state index >= 15 is 0 Å². The molecule has 0 saturated heterocycles. The Morgan fingerprint density at radius 3 is 2.52 bits per heavy atom. The number of methoxy groups -OCH3 is 1. The second kappa shape index (κ2) is 13.0. The maximum absolute atomic E-state index is 14.0. The minimum Gasteiger partial charge on any atom is -0.493 e. The van der Waals surface area contributed by atoms with Crippen molar-refractivity contribution < 1.29 is 23.7 Å². The molecular formula is C29H28Br2N2O6S. The van der Waals surface area contributed by atoms with Gasteiger partial charge in [0.15, 0.2) is 16.3 Å². The third-order valence-corrected chi connectivity index (χ3v) is 8.29. The fraction of sp³-hybridized carbons (Fsp3) is 0.276. The van der Waals surface area contributed by atoms with Crippen molar-refractivity contribution in [3.63, 3.8) is 0 Å². The summed E-state index contributed by atoms with van der Waals surface area (Å²) in [6, 6.07) is 8.30. The highest BCUT2D eigenvalue weighted by molar-refractivity contribution is 9.10. The van der Waals surface area contributed by atoms with Crippen LogP contribution in [-0.2, 0) is 9.53 Å². The van der Waals surface area contributed by atoms with Gasteiger partial charge in [-0.05, 0) is 78.2 Å². The first kappa shape index (κ1) is 29.8. The Morgan fingerprint density at radius 1 is 1.10 bits per heavy atom. The van der Waals surface area contributed by atoms with Gasteiger partial charge in [-0.25, -0.2) is 9.79 Å². The van der Waals surface area contributed by atoms with E-state index in [0.717, 1.165) is 10.0 Å². The van der Waals surface area contributed by atoms with Gasteiger partial charge in [0.25, 0.3) is 5.56 Å². The number of benzene rings is 2. The molecule has 0 saturated carbocycles. The van der Waals surface area contributed by atoms with Gasteiger partial charge in [-0.2, -0.15) is 0 Å². The lowest BCUT2D eigenvalue weighted by atomic mass is 9.95. The highest BCUT2D eigenvalue weighted by Crippen LogP contribution is 2.41. The Bertz CT molecular complexity index is 1670. The minimum atomic E-state index is -0.808. The van der Waals surface area contributed by atoms with Crippen LogP contribution in [0.4, 0.5) is 0 Å². The summed E-state index contributed by atoms with van der Waals surface area (Å²) in [5.41, 5.74) is 1.90. The van der Waals surface area contributed by atoms with Crippen LogP contribution in [0.3, 0.4) is 0 Å². The van der Waals surface area contributed by atoms with E-state index in [1.807, 2.05) is 25.1 Å². The van der Waals surface area contributed by atoms with Gasteiger partial charge in [0.1, 0.15) is 12.4 Å². The number of aromatic nitrogens is 1. The predicted molar refractivity (Wildman–Crippen MR) is 162 cm³/mol. The van der Waals surface area contributed by atoms with E-state index in [-0.39, 0.29) is 17.7 Å². The van der Waals surface area contributed by atoms with Gasteiger partial charge >= 0.3 is 5.97 Å². The largest absolute Gasteiger partial charge is 0.493 e. The normalized spacial score (nSPS) is 14.8. The van der Waals surface area contributed by atoms with Crippen LogP contribution in [0, 0.1) is 0 Å². The summed E-state index contributed by atoms with van der Waals surface area (Å²) in [5, 5.41) is 0. The third kappa shape index (κ3) is 5.96. The van der Waals surface area contributed by atoms with Gasteiger partial charge in [0.2, 0.25) is 0 Å². The number of fused-ring (bicyclic) bond motifs is 1. The van der Waals surface area contributed by atoms with Crippen molar-refractivity contribution in [3.8, 4) is 17.2 Å². The SMILES string of the molecule is C=CCOc1ccc(/C=c2/sc3n(c2=O)[C@H](c2cc(OC)c(OCC)cc2Br)C(C(=O)OCC)=C(C)N=3)cc1Br. The zero-order valence-corrected chi connectivity index (χ0v) is 26.4. The van der Waals surface area contributed by atoms with Gasteiger partial charge in [0, 0.05) is 4.47 Å². The molecule has 1 aromatic heterocycles. The molecule has 1 atom stereocenters. The molecule has 0 radical (unpaired) electrons. The van der Waals surface area contributed by atoms with Gasteiger partial charge in [-0.15, -0.1) is 0 Å². The first-order chi connectivity index (χ1) is 19.2. The Labute approximate surface area is 252 Å². The summed E-state index contributed by atoms with van der Waals surface area (Å²) >= 11 is 8.41. The van der Waals surface area contributed by atoms with Crippen LogP contribution in [-0.4, -0.2) is 37.5 Å². The maximum atomic E-state index is 14.0. The van der Waals surface area contributed by atoms with Crippen molar-refractivity contribution in [3.05, 3.63) is 94.0 Å². The average molecular weight is 692 g/mol. The molecule has 0 spiro atoms. The monoisotopic (exact) mass is 690 g/mol. The summed E-state index contributed by atoms with van der Waals surface area (Å²) in [4.78, 5) is 32.3. The molecule has 2 aromatic carbocycles. The van der Waals surface area contributed by atoms with Crippen LogP contribution in [0.25, 0.3) is 6.08 Å². The van der Waals surface area contributed by atoms with E-state index in [9.17, 15) is 9.59 Å². The third-order valence-electron chi connectivity index (χ3n) is 6.00. The molecule has 11 heteroatoms. The quantitative estimate of drug-likeness (QED) is 0.212. The number of carbonyl (C=O) groups excluding carboxylic acids is 1. The number of nitrogens with zero attached hydrogens (tertiary/aromatic N) is 2. The van der Waals surface area contributed by atoms with E-state index in [0.29, 0.717) is 55.5 Å². The van der Waals surface area contributed by atoms with E-state index in [4.69, 9.17) is 18.9 Å². The number of rotatable bonds is 10. The first-order valence-electron chi connectivity index (χ1n) is 12.5. The molecule has 0 bridgehead atoms. The number of ether oxygens (including phenoxy) is 4. The van der Waals surface area contributed by atoms with Crippen molar-refractivity contribution in [2.24, 2.45) is 4.99 Å². The lowest BCUT2D eigenvalue weighted by Gasteiger charge is -2.26. The van der Waals surface area contributed by atoms with Crippen LogP contribution >= 0.6 is 43.2 Å².